The van der Waals surface area contributed by atoms with Gasteiger partial charge in [-0.15, -0.1) is 17.5 Å². The second-order valence-corrected chi connectivity index (χ2v) is 4.69. The maximum Gasteiger partial charge on any atom is 0.360 e. The van der Waals surface area contributed by atoms with Gasteiger partial charge in [0.05, 0.1) is 12.8 Å². The second-order valence-electron chi connectivity index (χ2n) is 4.69. The molecule has 10 nitrogen and oxygen atoms in total. The zero-order valence-electron chi connectivity index (χ0n) is 13.6. The van der Waals surface area contributed by atoms with E-state index < -0.39 is 18.0 Å². The van der Waals surface area contributed by atoms with E-state index in [0.29, 0.717) is 17.9 Å². The number of urea groups is 1. The number of nitrogens with one attached hydrogen (secondary N) is 1. The molecule has 1 aromatic carbocycles. The molecule has 0 spiro atoms. The maximum absolute atomic E-state index is 11.7. The minimum Gasteiger partial charge on any atom is -0.497 e. The molecule has 0 bridgehead atoms. The third kappa shape index (κ3) is 9.11. The van der Waals surface area contributed by atoms with Crippen molar-refractivity contribution >= 4 is 36.1 Å². The molecular weight excluding hydrogens is 352 g/mol. The molecule has 0 saturated heterocycles. The van der Waals surface area contributed by atoms with Gasteiger partial charge in [0.25, 0.3) is 0 Å². The van der Waals surface area contributed by atoms with Crippen LogP contribution in [0, 0.1) is 0 Å². The lowest BCUT2D eigenvalue weighted by Crippen LogP contribution is -2.39. The van der Waals surface area contributed by atoms with Crippen molar-refractivity contribution in [3.8, 4) is 5.75 Å². The number of carboxylic acid groups (broad SMARTS) is 1. The number of rotatable bonds is 8. The number of hydrogen-bond acceptors (Lipinski definition) is 5. The first-order valence-corrected chi connectivity index (χ1v) is 7.07. The van der Waals surface area contributed by atoms with Crippen LogP contribution in [0.2, 0.25) is 0 Å². The Kier molecular flexibility index (Phi) is 10.3. The monoisotopic (exact) mass is 372 g/mol. The highest BCUT2D eigenvalue weighted by Gasteiger charge is 2.19. The van der Waals surface area contributed by atoms with Gasteiger partial charge in [0.2, 0.25) is 0 Å². The Morgan fingerprint density at radius 2 is 1.92 bits per heavy atom. The van der Waals surface area contributed by atoms with Crippen molar-refractivity contribution in [1.29, 1.82) is 0 Å². The fourth-order valence-corrected chi connectivity index (χ4v) is 1.69. The lowest BCUT2D eigenvalue weighted by atomic mass is 10.1. The molecule has 2 amide bonds. The van der Waals surface area contributed by atoms with Crippen LogP contribution in [0.25, 0.3) is 0 Å². The van der Waals surface area contributed by atoms with Crippen LogP contribution in [0.3, 0.4) is 0 Å². The van der Waals surface area contributed by atoms with E-state index in [1.54, 1.807) is 24.3 Å². The van der Waals surface area contributed by atoms with E-state index in [0.717, 1.165) is 0 Å². The van der Waals surface area contributed by atoms with E-state index in [1.807, 2.05) is 0 Å². The third-order valence-corrected chi connectivity index (χ3v) is 2.87. The normalized spacial score (nSPS) is 11.2. The number of carbonyl (C=O) groups excluding carboxylic acids is 1. The highest BCUT2D eigenvalue weighted by molar-refractivity contribution is 5.85. The van der Waals surface area contributed by atoms with Crippen LogP contribution in [0.1, 0.15) is 12.8 Å². The average molecular weight is 373 g/mol. The molecule has 0 radical (unpaired) electrons. The van der Waals surface area contributed by atoms with Crippen LogP contribution in [-0.4, -0.2) is 42.8 Å². The number of nitrogens with two attached hydrogens (primary N) is 2. The number of azo groups is 1. The number of benzene rings is 1. The molecule has 0 fully saturated rings. The Balaban J connectivity index is 0.00000576. The minimum absolute atomic E-state index is 0. The Hall–Kier alpha value is -2.88. The first-order valence-electron chi connectivity index (χ1n) is 7.07. The largest absolute Gasteiger partial charge is 0.497 e. The maximum atomic E-state index is 11.7. The molecule has 1 atom stereocenters. The summed E-state index contributed by atoms with van der Waals surface area (Å²) in [5, 5.41) is 18.5. The predicted octanol–water partition coefficient (Wildman–Crippen LogP) is 1.42. The Labute approximate surface area is 150 Å². The molecule has 0 aromatic heterocycles. The minimum atomic E-state index is -1.17. The van der Waals surface area contributed by atoms with Crippen molar-refractivity contribution in [2.24, 2.45) is 26.7 Å². The van der Waals surface area contributed by atoms with Gasteiger partial charge in [0, 0.05) is 6.54 Å². The SMILES string of the molecule is COc1ccc(N=NC(=O)N[C@@H](CCCN=C(N)N)C(=O)O)cc1.Cl. The molecule has 0 aliphatic rings. The first kappa shape index (κ1) is 22.1. The van der Waals surface area contributed by atoms with Crippen LogP contribution < -0.4 is 21.5 Å². The Bertz CT molecular complexity index is 616. The van der Waals surface area contributed by atoms with E-state index >= 15 is 0 Å². The second kappa shape index (κ2) is 11.6. The summed E-state index contributed by atoms with van der Waals surface area (Å²) in [6.45, 7) is 0.273. The van der Waals surface area contributed by atoms with Crippen LogP contribution in [0.4, 0.5) is 10.5 Å². The first-order chi connectivity index (χ1) is 11.4. The lowest BCUT2D eigenvalue weighted by Gasteiger charge is -2.11. The van der Waals surface area contributed by atoms with Crippen molar-refractivity contribution in [1.82, 2.24) is 5.32 Å². The number of halogens is 1. The van der Waals surface area contributed by atoms with Crippen molar-refractivity contribution in [2.45, 2.75) is 18.9 Å². The summed E-state index contributed by atoms with van der Waals surface area (Å²) < 4.78 is 4.99. The molecule has 25 heavy (non-hydrogen) atoms. The van der Waals surface area contributed by atoms with Crippen molar-refractivity contribution < 1.29 is 19.4 Å². The molecule has 0 unspecified atom stereocenters. The highest BCUT2D eigenvalue weighted by atomic mass is 35.5. The topological polar surface area (TPSA) is 165 Å². The van der Waals surface area contributed by atoms with E-state index in [-0.39, 0.29) is 31.3 Å². The van der Waals surface area contributed by atoms with Crippen LogP contribution >= 0.6 is 12.4 Å². The number of ether oxygens (including phenoxy) is 1. The summed E-state index contributed by atoms with van der Waals surface area (Å²) in [6, 6.07) is 4.60. The summed E-state index contributed by atoms with van der Waals surface area (Å²) in [6.07, 6.45) is 0.556. The van der Waals surface area contributed by atoms with Gasteiger partial charge in [0.15, 0.2) is 5.96 Å². The van der Waals surface area contributed by atoms with Crippen molar-refractivity contribution in [3.05, 3.63) is 24.3 Å². The number of carboxylic acids is 1. The standard InChI is InChI=1S/C14H20N6O4.ClH/c1-24-10-6-4-9(5-7-10)19-20-14(23)18-11(12(21)22)3-2-8-17-13(15)16;/h4-7,11H,2-3,8H2,1H3,(H,18,23)(H,21,22)(H4,15,16,17);1H/t11-;/m0./s1. The summed E-state index contributed by atoms with van der Waals surface area (Å²) in [7, 11) is 1.53. The smallest absolute Gasteiger partial charge is 0.360 e. The third-order valence-electron chi connectivity index (χ3n) is 2.87. The quantitative estimate of drug-likeness (QED) is 0.233. The molecule has 0 aliphatic heterocycles. The zero-order chi connectivity index (χ0) is 17.9. The number of aliphatic carboxylic acids is 1. The predicted molar refractivity (Wildman–Crippen MR) is 94.6 cm³/mol. The number of hydrogen-bond donors (Lipinski definition) is 4. The Morgan fingerprint density at radius 1 is 1.28 bits per heavy atom. The molecule has 0 heterocycles. The summed E-state index contributed by atoms with van der Waals surface area (Å²) in [5.74, 6) is -0.600. The van der Waals surface area contributed by atoms with Gasteiger partial charge in [-0.1, -0.05) is 5.11 Å². The van der Waals surface area contributed by atoms with Crippen molar-refractivity contribution in [2.75, 3.05) is 13.7 Å². The molecule has 0 aliphatic carbocycles. The van der Waals surface area contributed by atoms with Crippen LogP contribution in [0.5, 0.6) is 5.75 Å². The molecule has 6 N–H and O–H groups in total. The average Bonchev–Trinajstić information content (AvgIpc) is 2.55. The van der Waals surface area contributed by atoms with Crippen LogP contribution in [0.15, 0.2) is 39.5 Å². The van der Waals surface area contributed by atoms with Gasteiger partial charge >= 0.3 is 12.0 Å². The van der Waals surface area contributed by atoms with E-state index in [9.17, 15) is 9.59 Å². The zero-order valence-corrected chi connectivity index (χ0v) is 14.4. The van der Waals surface area contributed by atoms with Crippen molar-refractivity contribution in [3.63, 3.8) is 0 Å². The number of amides is 2. The molecule has 138 valence electrons. The van der Waals surface area contributed by atoms with Gasteiger partial charge in [0.1, 0.15) is 11.8 Å². The number of nitrogens with zero attached hydrogens (tertiary/aromatic N) is 3. The molecule has 1 aromatic rings. The van der Waals surface area contributed by atoms with Gasteiger partial charge in [-0.2, -0.15) is 0 Å². The number of carbonyl (C=O) groups is 2. The lowest BCUT2D eigenvalue weighted by molar-refractivity contribution is -0.139. The molecule has 11 heteroatoms. The fourth-order valence-electron chi connectivity index (χ4n) is 1.69. The molecule has 0 saturated carbocycles. The summed E-state index contributed by atoms with van der Waals surface area (Å²) >= 11 is 0. The van der Waals surface area contributed by atoms with Gasteiger partial charge in [-0.3, -0.25) is 4.99 Å². The van der Waals surface area contributed by atoms with Gasteiger partial charge < -0.3 is 26.6 Å². The van der Waals surface area contributed by atoms with E-state index in [2.05, 4.69) is 20.5 Å². The van der Waals surface area contributed by atoms with E-state index in [4.69, 9.17) is 21.3 Å². The summed E-state index contributed by atoms with van der Waals surface area (Å²) in [4.78, 5) is 26.5. The van der Waals surface area contributed by atoms with Gasteiger partial charge in [-0.25, -0.2) is 9.59 Å². The number of aliphatic imine (C=N–C) groups is 1. The number of methoxy groups -OCH3 is 1. The Morgan fingerprint density at radius 3 is 2.44 bits per heavy atom. The van der Waals surface area contributed by atoms with Gasteiger partial charge in [-0.05, 0) is 37.1 Å². The fraction of sp³-hybridized carbons (Fsp3) is 0.357. The number of guanidine groups is 1. The highest BCUT2D eigenvalue weighted by Crippen LogP contribution is 2.17. The summed E-state index contributed by atoms with van der Waals surface area (Å²) in [5.41, 5.74) is 10.8. The van der Waals surface area contributed by atoms with Crippen LogP contribution in [-0.2, 0) is 4.79 Å². The molecular formula is C14H21ClN6O4. The molecule has 1 rings (SSSR count). The van der Waals surface area contributed by atoms with E-state index in [1.165, 1.54) is 7.11 Å².